The average Bonchev–Trinajstić information content (AvgIpc) is 2.51. The fraction of sp³-hybridized carbons (Fsp3) is 0.571. The third-order valence-electron chi connectivity index (χ3n) is 3.01. The molecule has 0 spiro atoms. The van der Waals surface area contributed by atoms with Crippen LogP contribution in [-0.4, -0.2) is 69.7 Å². The molecule has 0 amide bonds. The van der Waals surface area contributed by atoms with Gasteiger partial charge in [-0.3, -0.25) is 0 Å². The van der Waals surface area contributed by atoms with Crippen LogP contribution in [0.2, 0.25) is 0 Å². The Morgan fingerprint density at radius 3 is 2.10 bits per heavy atom. The van der Waals surface area contributed by atoms with Crippen LogP contribution in [0.5, 0.6) is 5.75 Å². The van der Waals surface area contributed by atoms with E-state index < -0.39 is 31.0 Å². The van der Waals surface area contributed by atoms with Crippen LogP contribution in [0, 0.1) is 0 Å². The van der Waals surface area contributed by atoms with Crippen molar-refractivity contribution in [3.05, 3.63) is 24.3 Å². The van der Waals surface area contributed by atoms with E-state index in [1.54, 1.807) is 24.3 Å². The topological polar surface area (TPSA) is 122 Å². The van der Waals surface area contributed by atoms with Gasteiger partial charge in [0.1, 0.15) is 24.1 Å². The van der Waals surface area contributed by atoms with Crippen LogP contribution in [0.3, 0.4) is 0 Å². The van der Waals surface area contributed by atoms with Crippen molar-refractivity contribution in [2.75, 3.05) is 25.1 Å². The van der Waals surface area contributed by atoms with Gasteiger partial charge in [0.05, 0.1) is 19.3 Å². The van der Waals surface area contributed by atoms with E-state index in [0.717, 1.165) is 5.75 Å². The molecule has 0 aliphatic heterocycles. The van der Waals surface area contributed by atoms with Crippen LogP contribution >= 0.6 is 0 Å². The summed E-state index contributed by atoms with van der Waals surface area (Å²) in [4.78, 5) is 0. The standard InChI is InChI=1S/C14H23NO6/c1-2-21-10-5-3-9(4-6-10)15-7-11(17)13(19)14(20)12(18)8-16/h3-6,11-20H,2,7-8H2,1H3. The zero-order valence-corrected chi connectivity index (χ0v) is 11.9. The SMILES string of the molecule is CCOc1ccc(NCC(O)C(O)C(O)C(O)CO)cc1. The molecule has 4 atom stereocenters. The molecule has 1 rings (SSSR count). The Morgan fingerprint density at radius 1 is 1.00 bits per heavy atom. The van der Waals surface area contributed by atoms with Crippen molar-refractivity contribution >= 4 is 5.69 Å². The monoisotopic (exact) mass is 301 g/mol. The number of nitrogens with one attached hydrogen (secondary N) is 1. The summed E-state index contributed by atoms with van der Waals surface area (Å²) in [6.07, 6.45) is -5.98. The van der Waals surface area contributed by atoms with Crippen molar-refractivity contribution in [2.24, 2.45) is 0 Å². The smallest absolute Gasteiger partial charge is 0.119 e. The summed E-state index contributed by atoms with van der Waals surface area (Å²) >= 11 is 0. The first kappa shape index (κ1) is 17.7. The molecule has 0 radical (unpaired) electrons. The lowest BCUT2D eigenvalue weighted by atomic mass is 10.0. The molecule has 0 aliphatic carbocycles. The Morgan fingerprint density at radius 2 is 1.57 bits per heavy atom. The van der Waals surface area contributed by atoms with Gasteiger partial charge in [0, 0.05) is 12.2 Å². The van der Waals surface area contributed by atoms with E-state index in [1.807, 2.05) is 6.92 Å². The third-order valence-corrected chi connectivity index (χ3v) is 3.01. The van der Waals surface area contributed by atoms with E-state index in [-0.39, 0.29) is 6.54 Å². The lowest BCUT2D eigenvalue weighted by Crippen LogP contribution is -2.47. The molecule has 1 aromatic carbocycles. The van der Waals surface area contributed by atoms with Crippen LogP contribution in [0.25, 0.3) is 0 Å². The Kier molecular flexibility index (Phi) is 7.41. The molecule has 4 unspecified atom stereocenters. The maximum Gasteiger partial charge on any atom is 0.119 e. The highest BCUT2D eigenvalue weighted by Crippen LogP contribution is 2.16. The molecule has 7 nitrogen and oxygen atoms in total. The molecule has 21 heavy (non-hydrogen) atoms. The van der Waals surface area contributed by atoms with E-state index in [4.69, 9.17) is 9.84 Å². The van der Waals surface area contributed by atoms with Gasteiger partial charge < -0.3 is 35.6 Å². The molecule has 0 saturated heterocycles. The molecule has 0 bridgehead atoms. The highest BCUT2D eigenvalue weighted by atomic mass is 16.5. The van der Waals surface area contributed by atoms with Crippen LogP contribution in [0.1, 0.15) is 6.92 Å². The van der Waals surface area contributed by atoms with Crippen LogP contribution in [0.15, 0.2) is 24.3 Å². The van der Waals surface area contributed by atoms with Gasteiger partial charge >= 0.3 is 0 Å². The zero-order valence-electron chi connectivity index (χ0n) is 11.9. The summed E-state index contributed by atoms with van der Waals surface area (Å²) in [6, 6.07) is 7.03. The lowest BCUT2D eigenvalue weighted by molar-refractivity contribution is -0.111. The fourth-order valence-electron chi connectivity index (χ4n) is 1.74. The first-order chi connectivity index (χ1) is 9.99. The van der Waals surface area contributed by atoms with Crippen molar-refractivity contribution in [2.45, 2.75) is 31.3 Å². The maximum absolute atomic E-state index is 9.74. The van der Waals surface area contributed by atoms with Gasteiger partial charge in [0.15, 0.2) is 0 Å². The Labute approximate surface area is 123 Å². The van der Waals surface area contributed by atoms with Crippen molar-refractivity contribution in [1.29, 1.82) is 0 Å². The van der Waals surface area contributed by atoms with Gasteiger partial charge in [-0.25, -0.2) is 0 Å². The highest BCUT2D eigenvalue weighted by Gasteiger charge is 2.29. The summed E-state index contributed by atoms with van der Waals surface area (Å²) in [6.45, 7) is 1.74. The summed E-state index contributed by atoms with van der Waals surface area (Å²) in [5.41, 5.74) is 0.710. The van der Waals surface area contributed by atoms with E-state index in [0.29, 0.717) is 12.3 Å². The molecule has 0 aliphatic rings. The molecule has 0 fully saturated rings. The zero-order chi connectivity index (χ0) is 15.8. The second-order valence-corrected chi connectivity index (χ2v) is 4.64. The van der Waals surface area contributed by atoms with Gasteiger partial charge in [-0.2, -0.15) is 0 Å². The van der Waals surface area contributed by atoms with Crippen molar-refractivity contribution in [3.63, 3.8) is 0 Å². The lowest BCUT2D eigenvalue weighted by Gasteiger charge is -2.26. The molecular formula is C14H23NO6. The highest BCUT2D eigenvalue weighted by molar-refractivity contribution is 5.46. The van der Waals surface area contributed by atoms with Crippen molar-refractivity contribution in [1.82, 2.24) is 0 Å². The fourth-order valence-corrected chi connectivity index (χ4v) is 1.74. The number of benzene rings is 1. The number of rotatable bonds is 9. The normalized spacial score (nSPS) is 16.9. The summed E-state index contributed by atoms with van der Waals surface area (Å²) < 4.78 is 5.29. The second kappa shape index (κ2) is 8.81. The molecule has 0 saturated carbocycles. The summed E-state index contributed by atoms with van der Waals surface area (Å²) in [7, 11) is 0. The van der Waals surface area contributed by atoms with E-state index >= 15 is 0 Å². The largest absolute Gasteiger partial charge is 0.494 e. The molecule has 120 valence electrons. The predicted octanol–water partition coefficient (Wildman–Crippen LogP) is -1.07. The Balaban J connectivity index is 2.46. The maximum atomic E-state index is 9.74. The van der Waals surface area contributed by atoms with E-state index in [1.165, 1.54) is 0 Å². The quantitative estimate of drug-likeness (QED) is 0.343. The minimum Gasteiger partial charge on any atom is -0.494 e. The third kappa shape index (κ3) is 5.49. The second-order valence-electron chi connectivity index (χ2n) is 4.64. The van der Waals surface area contributed by atoms with Gasteiger partial charge in [-0.1, -0.05) is 0 Å². The first-order valence-electron chi connectivity index (χ1n) is 6.79. The molecule has 1 aromatic rings. The number of ether oxygens (including phenoxy) is 1. The predicted molar refractivity (Wildman–Crippen MR) is 77.2 cm³/mol. The summed E-state index contributed by atoms with van der Waals surface area (Å²) in [5, 5.41) is 49.7. The van der Waals surface area contributed by atoms with Crippen LogP contribution in [-0.2, 0) is 0 Å². The van der Waals surface area contributed by atoms with Crippen LogP contribution < -0.4 is 10.1 Å². The minimum atomic E-state index is -1.62. The molecule has 0 aromatic heterocycles. The number of aliphatic hydroxyl groups is 5. The van der Waals surface area contributed by atoms with Crippen molar-refractivity contribution < 1.29 is 30.3 Å². The number of hydrogen-bond donors (Lipinski definition) is 6. The number of hydrogen-bond acceptors (Lipinski definition) is 7. The summed E-state index contributed by atoms with van der Waals surface area (Å²) in [5.74, 6) is 0.727. The molecule has 6 N–H and O–H groups in total. The molecule has 7 heteroatoms. The van der Waals surface area contributed by atoms with E-state index in [2.05, 4.69) is 5.32 Å². The Bertz CT molecular complexity index is 399. The molecule has 0 heterocycles. The minimum absolute atomic E-state index is 0.0235. The average molecular weight is 301 g/mol. The van der Waals surface area contributed by atoms with Gasteiger partial charge in [0.2, 0.25) is 0 Å². The van der Waals surface area contributed by atoms with Gasteiger partial charge in [-0.05, 0) is 31.2 Å². The van der Waals surface area contributed by atoms with Crippen LogP contribution in [0.4, 0.5) is 5.69 Å². The molecular weight excluding hydrogens is 278 g/mol. The first-order valence-corrected chi connectivity index (χ1v) is 6.79. The van der Waals surface area contributed by atoms with Gasteiger partial charge in [0.25, 0.3) is 0 Å². The Hall–Kier alpha value is -1.38. The van der Waals surface area contributed by atoms with Gasteiger partial charge in [-0.15, -0.1) is 0 Å². The van der Waals surface area contributed by atoms with Crippen molar-refractivity contribution in [3.8, 4) is 5.75 Å². The number of aliphatic hydroxyl groups excluding tert-OH is 5. The number of anilines is 1. The van der Waals surface area contributed by atoms with E-state index in [9.17, 15) is 20.4 Å².